The summed E-state index contributed by atoms with van der Waals surface area (Å²) in [6.45, 7) is 3.37. The lowest BCUT2D eigenvalue weighted by atomic mass is 9.85. The fourth-order valence-corrected chi connectivity index (χ4v) is 1.45. The molecule has 1 aromatic carbocycles. The van der Waals surface area contributed by atoms with Crippen molar-refractivity contribution in [2.45, 2.75) is 19.3 Å². The Bertz CT molecular complexity index is 388. The molecule has 0 saturated carbocycles. The largest absolute Gasteiger partial charge is 0.493 e. The lowest BCUT2D eigenvalue weighted by Crippen LogP contribution is -2.20. The quantitative estimate of drug-likeness (QED) is 0.747. The maximum absolute atomic E-state index is 13.6. The molecule has 0 aliphatic carbocycles. The summed E-state index contributed by atoms with van der Waals surface area (Å²) >= 11 is 5.61. The fraction of sp³-hybridized carbons (Fsp3) is 0.364. The van der Waals surface area contributed by atoms with Crippen LogP contribution < -0.4 is 4.74 Å². The highest BCUT2D eigenvalue weighted by Gasteiger charge is 2.26. The van der Waals surface area contributed by atoms with Crippen molar-refractivity contribution >= 4 is 17.9 Å². The van der Waals surface area contributed by atoms with Crippen LogP contribution in [-0.4, -0.2) is 13.4 Å². The van der Waals surface area contributed by atoms with Crippen LogP contribution in [0.4, 0.5) is 4.39 Å². The average Bonchev–Trinajstić information content (AvgIpc) is 2.21. The van der Waals surface area contributed by atoms with Gasteiger partial charge in [-0.05, 0) is 19.9 Å². The molecule has 15 heavy (non-hydrogen) atoms. The molecule has 0 aromatic heterocycles. The van der Waals surface area contributed by atoms with Crippen LogP contribution in [0.2, 0.25) is 5.02 Å². The number of aldehydes is 1. The first-order valence-electron chi connectivity index (χ1n) is 4.43. The number of benzene rings is 1. The first-order chi connectivity index (χ1) is 6.94. The van der Waals surface area contributed by atoms with Gasteiger partial charge in [0.05, 0.1) is 12.1 Å². The van der Waals surface area contributed by atoms with Crippen LogP contribution in [0.15, 0.2) is 12.1 Å². The molecule has 0 bridgehead atoms. The van der Waals surface area contributed by atoms with Gasteiger partial charge in [0.15, 0.2) is 11.6 Å². The Labute approximate surface area is 93.0 Å². The second-order valence-corrected chi connectivity index (χ2v) is 4.19. The predicted molar refractivity (Wildman–Crippen MR) is 57.1 cm³/mol. The highest BCUT2D eigenvalue weighted by atomic mass is 35.5. The molecule has 1 aromatic rings. The van der Waals surface area contributed by atoms with Crippen LogP contribution in [0.25, 0.3) is 0 Å². The molecular weight excluding hydrogens is 219 g/mol. The van der Waals surface area contributed by atoms with Crippen molar-refractivity contribution < 1.29 is 13.9 Å². The molecule has 0 N–H and O–H groups in total. The second kappa shape index (κ2) is 4.19. The van der Waals surface area contributed by atoms with Gasteiger partial charge >= 0.3 is 0 Å². The summed E-state index contributed by atoms with van der Waals surface area (Å²) in [5.74, 6) is -0.605. The first kappa shape index (κ1) is 12.0. The molecule has 0 fully saturated rings. The van der Waals surface area contributed by atoms with Crippen molar-refractivity contribution in [3.05, 3.63) is 28.5 Å². The third-order valence-corrected chi connectivity index (χ3v) is 2.53. The highest BCUT2D eigenvalue weighted by Crippen LogP contribution is 2.35. The summed E-state index contributed by atoms with van der Waals surface area (Å²) < 4.78 is 18.5. The molecular formula is C11H12ClFO2. The number of hydrogen-bond donors (Lipinski definition) is 0. The maximum Gasteiger partial charge on any atom is 0.183 e. The predicted octanol–water partition coefficient (Wildman–Crippen LogP) is 2.96. The Balaban J connectivity index is 3.43. The molecule has 0 amide bonds. The van der Waals surface area contributed by atoms with E-state index in [4.69, 9.17) is 16.3 Å². The third-order valence-electron chi connectivity index (χ3n) is 2.24. The van der Waals surface area contributed by atoms with Crippen LogP contribution in [0, 0.1) is 5.82 Å². The number of carbonyl (C=O) groups excluding carboxylic acids is 1. The van der Waals surface area contributed by atoms with Crippen LogP contribution in [0.3, 0.4) is 0 Å². The summed E-state index contributed by atoms with van der Waals surface area (Å²) in [7, 11) is 1.35. The van der Waals surface area contributed by atoms with Crippen molar-refractivity contribution in [1.82, 2.24) is 0 Å². The molecule has 0 radical (unpaired) electrons. The van der Waals surface area contributed by atoms with Crippen LogP contribution in [-0.2, 0) is 10.2 Å². The van der Waals surface area contributed by atoms with E-state index in [9.17, 15) is 9.18 Å². The molecule has 0 aliphatic heterocycles. The van der Waals surface area contributed by atoms with E-state index in [0.29, 0.717) is 5.56 Å². The Morgan fingerprint density at radius 1 is 1.47 bits per heavy atom. The molecule has 1 rings (SSSR count). The lowest BCUT2D eigenvalue weighted by Gasteiger charge is -2.21. The van der Waals surface area contributed by atoms with Gasteiger partial charge in [-0.3, -0.25) is 0 Å². The number of carbonyl (C=O) groups is 1. The van der Waals surface area contributed by atoms with E-state index in [0.717, 1.165) is 6.29 Å². The lowest BCUT2D eigenvalue weighted by molar-refractivity contribution is -0.111. The molecule has 0 spiro atoms. The minimum Gasteiger partial charge on any atom is -0.493 e. The van der Waals surface area contributed by atoms with Gasteiger partial charge in [0.1, 0.15) is 6.29 Å². The molecule has 82 valence electrons. The summed E-state index contributed by atoms with van der Waals surface area (Å²) in [4.78, 5) is 10.9. The van der Waals surface area contributed by atoms with E-state index in [1.54, 1.807) is 19.9 Å². The van der Waals surface area contributed by atoms with Gasteiger partial charge in [-0.2, -0.15) is 0 Å². The van der Waals surface area contributed by atoms with Gasteiger partial charge in [-0.15, -0.1) is 0 Å². The van der Waals surface area contributed by atoms with Crippen molar-refractivity contribution in [2.75, 3.05) is 7.11 Å². The van der Waals surface area contributed by atoms with E-state index in [2.05, 4.69) is 0 Å². The average molecular weight is 231 g/mol. The Morgan fingerprint density at radius 3 is 2.53 bits per heavy atom. The van der Waals surface area contributed by atoms with Crippen molar-refractivity contribution in [2.24, 2.45) is 0 Å². The van der Waals surface area contributed by atoms with Crippen molar-refractivity contribution in [1.29, 1.82) is 0 Å². The van der Waals surface area contributed by atoms with Gasteiger partial charge in [0.2, 0.25) is 0 Å². The number of ether oxygens (including phenoxy) is 1. The molecule has 4 heteroatoms. The Hall–Kier alpha value is -1.09. The highest BCUT2D eigenvalue weighted by molar-refractivity contribution is 6.30. The molecule has 0 heterocycles. The number of hydrogen-bond acceptors (Lipinski definition) is 2. The Kier molecular flexibility index (Phi) is 3.35. The van der Waals surface area contributed by atoms with E-state index in [1.165, 1.54) is 13.2 Å². The molecule has 0 unspecified atom stereocenters. The van der Waals surface area contributed by atoms with Crippen molar-refractivity contribution in [3.63, 3.8) is 0 Å². The van der Waals surface area contributed by atoms with Crippen molar-refractivity contribution in [3.8, 4) is 5.75 Å². The van der Waals surface area contributed by atoms with Gasteiger partial charge in [-0.1, -0.05) is 17.7 Å². The molecule has 0 saturated heterocycles. The van der Waals surface area contributed by atoms with E-state index >= 15 is 0 Å². The fourth-order valence-electron chi connectivity index (χ4n) is 1.30. The summed E-state index contributed by atoms with van der Waals surface area (Å²) in [5.41, 5.74) is -0.307. The number of methoxy groups -OCH3 is 1. The molecule has 0 aliphatic rings. The van der Waals surface area contributed by atoms with E-state index in [-0.39, 0.29) is 10.8 Å². The molecule has 2 nitrogen and oxygen atoms in total. The number of halogens is 2. The van der Waals surface area contributed by atoms with Crippen LogP contribution in [0.1, 0.15) is 19.4 Å². The standard InChI is InChI=1S/C11H12ClFO2/c1-11(2,6-14)7-4-5-8(12)9(13)10(7)15-3/h4-6H,1-3H3. The van der Waals surface area contributed by atoms with Crippen LogP contribution >= 0.6 is 11.6 Å². The SMILES string of the molecule is COc1c(C(C)(C)C=O)ccc(Cl)c1F. The first-order valence-corrected chi connectivity index (χ1v) is 4.80. The van der Waals surface area contributed by atoms with Gasteiger partial charge in [0.25, 0.3) is 0 Å². The smallest absolute Gasteiger partial charge is 0.183 e. The zero-order valence-electron chi connectivity index (χ0n) is 8.80. The van der Waals surface area contributed by atoms with E-state index in [1.807, 2.05) is 0 Å². The topological polar surface area (TPSA) is 26.3 Å². The summed E-state index contributed by atoms with van der Waals surface area (Å²) in [6, 6.07) is 3.01. The van der Waals surface area contributed by atoms with Crippen LogP contribution in [0.5, 0.6) is 5.75 Å². The number of rotatable bonds is 3. The summed E-state index contributed by atoms with van der Waals surface area (Å²) in [6.07, 6.45) is 0.748. The van der Waals surface area contributed by atoms with E-state index < -0.39 is 11.2 Å². The zero-order chi connectivity index (χ0) is 11.6. The summed E-state index contributed by atoms with van der Waals surface area (Å²) in [5, 5.41) is -0.0164. The van der Waals surface area contributed by atoms with Gasteiger partial charge in [-0.25, -0.2) is 4.39 Å². The minimum atomic E-state index is -0.795. The second-order valence-electron chi connectivity index (χ2n) is 3.78. The normalized spacial score (nSPS) is 11.3. The maximum atomic E-state index is 13.6. The monoisotopic (exact) mass is 230 g/mol. The molecule has 0 atom stereocenters. The minimum absolute atomic E-state index is 0.0164. The zero-order valence-corrected chi connectivity index (χ0v) is 9.56. The third kappa shape index (κ3) is 2.12. The van der Waals surface area contributed by atoms with Gasteiger partial charge < -0.3 is 9.53 Å². The Morgan fingerprint density at radius 2 is 2.07 bits per heavy atom. The van der Waals surface area contributed by atoms with Gasteiger partial charge in [0, 0.05) is 11.0 Å².